The lowest BCUT2D eigenvalue weighted by Gasteiger charge is -2.15. The largest absolute Gasteiger partial charge is 0.308 e. The summed E-state index contributed by atoms with van der Waals surface area (Å²) in [6, 6.07) is 67.3. The second-order valence-electron chi connectivity index (χ2n) is 13.9. The third-order valence-electron chi connectivity index (χ3n) is 10.6. The lowest BCUT2D eigenvalue weighted by Crippen LogP contribution is -2.06. The fraction of sp³-hybridized carbons (Fsp3) is 0. The SMILES string of the molecule is c1ccc(-c2cccc(-c3ccccc3-n3c4ccccc4c4cc5c6ccccc6n(-c6nc(-c7ccccc7)nc(-c7ccccc7)n6)c5cc43)n2)cc1. The number of aromatic nitrogens is 6. The highest BCUT2D eigenvalue weighted by Gasteiger charge is 2.22. The lowest BCUT2D eigenvalue weighted by molar-refractivity contribution is 0.953. The molecule has 0 saturated heterocycles. The molecule has 0 bridgehead atoms. The van der Waals surface area contributed by atoms with Crippen LogP contribution in [0.15, 0.2) is 194 Å². The maximum Gasteiger partial charge on any atom is 0.238 e. The molecule has 0 unspecified atom stereocenters. The van der Waals surface area contributed by atoms with E-state index in [0.717, 1.165) is 72.2 Å². The maximum atomic E-state index is 5.20. The van der Waals surface area contributed by atoms with Gasteiger partial charge in [-0.05, 0) is 42.5 Å². The van der Waals surface area contributed by atoms with Gasteiger partial charge in [0.15, 0.2) is 11.6 Å². The Bertz CT molecular complexity index is 3180. The molecule has 0 spiro atoms. The molecule has 262 valence electrons. The molecule has 11 rings (SSSR count). The average molecular weight is 717 g/mol. The number of pyridine rings is 1. The summed E-state index contributed by atoms with van der Waals surface area (Å²) in [5, 5.41) is 4.61. The Hall–Kier alpha value is -7.70. The normalized spacial score (nSPS) is 11.6. The van der Waals surface area contributed by atoms with Crippen LogP contribution in [0.5, 0.6) is 0 Å². The van der Waals surface area contributed by atoms with E-state index in [1.165, 1.54) is 10.8 Å². The second kappa shape index (κ2) is 13.0. The van der Waals surface area contributed by atoms with Crippen molar-refractivity contribution < 1.29 is 0 Å². The number of nitrogens with zero attached hydrogens (tertiary/aromatic N) is 6. The van der Waals surface area contributed by atoms with Gasteiger partial charge in [0.25, 0.3) is 0 Å². The first-order valence-corrected chi connectivity index (χ1v) is 18.7. The van der Waals surface area contributed by atoms with Gasteiger partial charge in [-0.1, -0.05) is 152 Å². The summed E-state index contributed by atoms with van der Waals surface area (Å²) in [5.41, 5.74) is 11.1. The molecular formula is C50H32N6. The van der Waals surface area contributed by atoms with Gasteiger partial charge in [-0.15, -0.1) is 0 Å². The van der Waals surface area contributed by atoms with Crippen molar-refractivity contribution >= 4 is 43.6 Å². The zero-order chi connectivity index (χ0) is 37.0. The molecule has 6 heteroatoms. The van der Waals surface area contributed by atoms with Crippen LogP contribution in [-0.4, -0.2) is 29.1 Å². The highest BCUT2D eigenvalue weighted by atomic mass is 15.2. The van der Waals surface area contributed by atoms with Crippen LogP contribution in [0.2, 0.25) is 0 Å². The average Bonchev–Trinajstić information content (AvgIpc) is 3.78. The minimum atomic E-state index is 0.563. The quantitative estimate of drug-likeness (QED) is 0.172. The predicted octanol–water partition coefficient (Wildman–Crippen LogP) is 12.1. The molecule has 4 aromatic heterocycles. The van der Waals surface area contributed by atoms with Crippen LogP contribution in [0.25, 0.3) is 101 Å². The number of benzene rings is 7. The number of hydrogen-bond donors (Lipinski definition) is 0. The van der Waals surface area contributed by atoms with Crippen molar-refractivity contribution in [2.24, 2.45) is 0 Å². The number of rotatable bonds is 6. The number of para-hydroxylation sites is 3. The molecule has 4 heterocycles. The Kier molecular flexibility index (Phi) is 7.38. The summed E-state index contributed by atoms with van der Waals surface area (Å²) in [6.45, 7) is 0. The molecule has 56 heavy (non-hydrogen) atoms. The molecule has 6 nitrogen and oxygen atoms in total. The molecule has 0 aliphatic heterocycles. The monoisotopic (exact) mass is 716 g/mol. The number of fused-ring (bicyclic) bond motifs is 6. The molecule has 0 atom stereocenters. The summed E-state index contributed by atoms with van der Waals surface area (Å²) in [7, 11) is 0. The standard InChI is InChI=1S/C50H32N6/c1-4-17-33(18-5-1)41-26-16-27-42(51-41)38-25-12-15-30-45(38)55-43-28-13-10-23-36(43)39-31-40-37-24-11-14-29-44(37)56(47(40)32-46(39)55)50-53-48(34-19-6-2-7-20-34)52-49(54-50)35-21-8-3-9-22-35/h1-32H. The van der Waals surface area contributed by atoms with Crippen molar-refractivity contribution in [3.05, 3.63) is 194 Å². The van der Waals surface area contributed by atoms with Crippen LogP contribution in [0.3, 0.4) is 0 Å². The minimum Gasteiger partial charge on any atom is -0.308 e. The van der Waals surface area contributed by atoms with Crippen LogP contribution in [0.1, 0.15) is 0 Å². The first-order valence-electron chi connectivity index (χ1n) is 18.7. The van der Waals surface area contributed by atoms with Gasteiger partial charge in [0.05, 0.1) is 39.1 Å². The molecule has 0 amide bonds. The van der Waals surface area contributed by atoms with E-state index in [2.05, 4.69) is 137 Å². The smallest absolute Gasteiger partial charge is 0.238 e. The Morgan fingerprint density at radius 3 is 1.45 bits per heavy atom. The predicted molar refractivity (Wildman–Crippen MR) is 228 cm³/mol. The summed E-state index contributed by atoms with van der Waals surface area (Å²) < 4.78 is 4.58. The highest BCUT2D eigenvalue weighted by Crippen LogP contribution is 2.41. The Balaban J connectivity index is 1.20. The summed E-state index contributed by atoms with van der Waals surface area (Å²) in [6.07, 6.45) is 0. The van der Waals surface area contributed by atoms with Crippen LogP contribution in [0.4, 0.5) is 0 Å². The Morgan fingerprint density at radius 1 is 0.304 bits per heavy atom. The van der Waals surface area contributed by atoms with Gasteiger partial charge in [0.1, 0.15) is 0 Å². The van der Waals surface area contributed by atoms with Gasteiger partial charge in [-0.3, -0.25) is 4.57 Å². The van der Waals surface area contributed by atoms with E-state index < -0.39 is 0 Å². The molecule has 0 N–H and O–H groups in total. The van der Waals surface area contributed by atoms with Gasteiger partial charge < -0.3 is 4.57 Å². The zero-order valence-electron chi connectivity index (χ0n) is 30.2. The molecule has 11 aromatic rings. The molecule has 0 aliphatic carbocycles. The molecule has 0 fully saturated rings. The van der Waals surface area contributed by atoms with Crippen LogP contribution in [-0.2, 0) is 0 Å². The fourth-order valence-corrected chi connectivity index (χ4v) is 8.04. The molecule has 0 radical (unpaired) electrons. The fourth-order valence-electron chi connectivity index (χ4n) is 8.04. The molecule has 7 aromatic carbocycles. The summed E-state index contributed by atoms with van der Waals surface area (Å²) in [4.78, 5) is 20.6. The third-order valence-corrected chi connectivity index (χ3v) is 10.6. The van der Waals surface area contributed by atoms with E-state index in [1.807, 2.05) is 66.7 Å². The van der Waals surface area contributed by atoms with Crippen molar-refractivity contribution in [3.63, 3.8) is 0 Å². The molecule has 0 saturated carbocycles. The van der Waals surface area contributed by atoms with E-state index in [9.17, 15) is 0 Å². The van der Waals surface area contributed by atoms with Gasteiger partial charge >= 0.3 is 0 Å². The van der Waals surface area contributed by atoms with Gasteiger partial charge in [0, 0.05) is 43.8 Å². The van der Waals surface area contributed by atoms with Crippen molar-refractivity contribution in [2.45, 2.75) is 0 Å². The van der Waals surface area contributed by atoms with E-state index in [4.69, 9.17) is 19.9 Å². The van der Waals surface area contributed by atoms with Gasteiger partial charge in [-0.25, -0.2) is 9.97 Å². The van der Waals surface area contributed by atoms with Crippen LogP contribution >= 0.6 is 0 Å². The van der Waals surface area contributed by atoms with E-state index in [0.29, 0.717) is 17.6 Å². The van der Waals surface area contributed by atoms with Crippen molar-refractivity contribution in [2.75, 3.05) is 0 Å². The molecule has 0 aliphatic rings. The highest BCUT2D eigenvalue weighted by molar-refractivity contribution is 6.19. The van der Waals surface area contributed by atoms with Crippen molar-refractivity contribution in [1.82, 2.24) is 29.1 Å². The summed E-state index contributed by atoms with van der Waals surface area (Å²) in [5.74, 6) is 1.80. The Labute approximate surface area is 322 Å². The van der Waals surface area contributed by atoms with E-state index in [-0.39, 0.29) is 0 Å². The van der Waals surface area contributed by atoms with Crippen LogP contribution in [0, 0.1) is 0 Å². The zero-order valence-corrected chi connectivity index (χ0v) is 30.2. The Morgan fingerprint density at radius 2 is 0.804 bits per heavy atom. The van der Waals surface area contributed by atoms with Crippen molar-refractivity contribution in [1.29, 1.82) is 0 Å². The summed E-state index contributed by atoms with van der Waals surface area (Å²) >= 11 is 0. The first-order chi connectivity index (χ1) is 27.8. The second-order valence-corrected chi connectivity index (χ2v) is 13.9. The third kappa shape index (κ3) is 5.19. The topological polar surface area (TPSA) is 61.4 Å². The molecular weight excluding hydrogens is 685 g/mol. The van der Waals surface area contributed by atoms with Crippen LogP contribution < -0.4 is 0 Å². The van der Waals surface area contributed by atoms with E-state index in [1.54, 1.807) is 0 Å². The first kappa shape index (κ1) is 31.8. The maximum absolute atomic E-state index is 5.20. The van der Waals surface area contributed by atoms with Crippen molar-refractivity contribution in [3.8, 4) is 56.9 Å². The lowest BCUT2D eigenvalue weighted by atomic mass is 10.1. The van der Waals surface area contributed by atoms with Gasteiger partial charge in [-0.2, -0.15) is 9.97 Å². The van der Waals surface area contributed by atoms with E-state index >= 15 is 0 Å². The number of hydrogen-bond acceptors (Lipinski definition) is 4. The van der Waals surface area contributed by atoms with Gasteiger partial charge in [0.2, 0.25) is 5.95 Å². The minimum absolute atomic E-state index is 0.563.